The van der Waals surface area contributed by atoms with Crippen molar-refractivity contribution in [3.05, 3.63) is 70.0 Å². The highest BCUT2D eigenvalue weighted by Gasteiger charge is 2.23. The minimum atomic E-state index is -0.263. The number of hydrogen-bond acceptors (Lipinski definition) is 3. The second-order valence-corrected chi connectivity index (χ2v) is 7.08. The smallest absolute Gasteiger partial charge is 0.278 e. The first-order valence-electron chi connectivity index (χ1n) is 8.47. The number of nitrogens with zero attached hydrogens (tertiary/aromatic N) is 3. The fourth-order valence-electron chi connectivity index (χ4n) is 2.88. The van der Waals surface area contributed by atoms with Crippen LogP contribution in [-0.4, -0.2) is 20.9 Å². The van der Waals surface area contributed by atoms with Gasteiger partial charge in [-0.05, 0) is 55.7 Å². The summed E-state index contributed by atoms with van der Waals surface area (Å²) in [5.41, 5.74) is 4.84. The Bertz CT molecular complexity index is 945. The molecule has 0 aliphatic heterocycles. The van der Waals surface area contributed by atoms with Gasteiger partial charge in [-0.3, -0.25) is 4.79 Å². The van der Waals surface area contributed by atoms with Crippen LogP contribution in [0, 0.1) is 13.8 Å². The van der Waals surface area contributed by atoms with Crippen LogP contribution in [0.1, 0.15) is 47.1 Å². The average molecular weight is 369 g/mol. The molecule has 0 aliphatic rings. The third-order valence-electron chi connectivity index (χ3n) is 4.17. The molecule has 2 aromatic carbocycles. The second-order valence-electron chi connectivity index (χ2n) is 6.64. The number of hydrogen-bond donors (Lipinski definition) is 1. The van der Waals surface area contributed by atoms with Crippen LogP contribution in [0.15, 0.2) is 42.5 Å². The van der Waals surface area contributed by atoms with Gasteiger partial charge in [0.1, 0.15) is 0 Å². The summed E-state index contributed by atoms with van der Waals surface area (Å²) < 4.78 is 1.69. The van der Waals surface area contributed by atoms with E-state index in [0.717, 1.165) is 28.2 Å². The molecule has 1 heterocycles. The Hall–Kier alpha value is -2.66. The van der Waals surface area contributed by atoms with Gasteiger partial charge in [0, 0.05) is 10.7 Å². The molecule has 0 atom stereocenters. The summed E-state index contributed by atoms with van der Waals surface area (Å²) in [6, 6.07) is 13.2. The summed E-state index contributed by atoms with van der Waals surface area (Å²) in [6.45, 7) is 8.02. The molecule has 0 saturated carbocycles. The molecule has 0 unspecified atom stereocenters. The fraction of sp³-hybridized carbons (Fsp3) is 0.250. The zero-order valence-corrected chi connectivity index (χ0v) is 16.0. The molecule has 26 heavy (non-hydrogen) atoms. The minimum Gasteiger partial charge on any atom is -0.320 e. The van der Waals surface area contributed by atoms with Crippen molar-refractivity contribution in [3.8, 4) is 5.69 Å². The van der Waals surface area contributed by atoms with Gasteiger partial charge in [-0.15, -0.1) is 5.10 Å². The van der Waals surface area contributed by atoms with E-state index in [0.29, 0.717) is 10.7 Å². The lowest BCUT2D eigenvalue weighted by atomic mass is 10.1. The first-order valence-corrected chi connectivity index (χ1v) is 8.84. The number of rotatable bonds is 4. The number of aromatic nitrogens is 3. The average Bonchev–Trinajstić information content (AvgIpc) is 3.03. The van der Waals surface area contributed by atoms with E-state index in [9.17, 15) is 4.79 Å². The van der Waals surface area contributed by atoms with Gasteiger partial charge in [-0.2, -0.15) is 0 Å². The number of nitrogens with one attached hydrogen (secondary N) is 1. The molecular weight excluding hydrogens is 348 g/mol. The van der Waals surface area contributed by atoms with E-state index in [1.54, 1.807) is 16.8 Å². The summed E-state index contributed by atoms with van der Waals surface area (Å²) in [4.78, 5) is 12.8. The first kappa shape index (κ1) is 18.1. The van der Waals surface area contributed by atoms with E-state index >= 15 is 0 Å². The van der Waals surface area contributed by atoms with Gasteiger partial charge >= 0.3 is 0 Å². The highest BCUT2D eigenvalue weighted by atomic mass is 35.5. The molecule has 1 aromatic heterocycles. The number of aryl methyl sites for hydroxylation is 2. The van der Waals surface area contributed by atoms with Crippen molar-refractivity contribution in [2.24, 2.45) is 0 Å². The largest absolute Gasteiger partial charge is 0.320 e. The van der Waals surface area contributed by atoms with Crippen LogP contribution >= 0.6 is 11.6 Å². The van der Waals surface area contributed by atoms with Gasteiger partial charge in [-0.1, -0.05) is 48.4 Å². The highest BCUT2D eigenvalue weighted by molar-refractivity contribution is 6.30. The standard InChI is InChI=1S/C20H21ClN4O/c1-12(2)19-18(20(26)22-17-10-5-13(3)11-14(17)4)23-24-25(19)16-8-6-15(21)7-9-16/h5-12H,1-4H3,(H,22,26). The molecule has 134 valence electrons. The van der Waals surface area contributed by atoms with Gasteiger partial charge in [0.15, 0.2) is 5.69 Å². The van der Waals surface area contributed by atoms with Crippen LogP contribution in [0.5, 0.6) is 0 Å². The van der Waals surface area contributed by atoms with E-state index < -0.39 is 0 Å². The van der Waals surface area contributed by atoms with Crippen LogP contribution in [0.4, 0.5) is 5.69 Å². The monoisotopic (exact) mass is 368 g/mol. The summed E-state index contributed by atoms with van der Waals surface area (Å²) in [5.74, 6) is -0.193. The highest BCUT2D eigenvalue weighted by Crippen LogP contribution is 2.24. The number of amides is 1. The van der Waals surface area contributed by atoms with Crippen molar-refractivity contribution in [2.45, 2.75) is 33.6 Å². The zero-order valence-electron chi connectivity index (χ0n) is 15.2. The number of halogens is 1. The van der Waals surface area contributed by atoms with Crippen molar-refractivity contribution in [3.63, 3.8) is 0 Å². The van der Waals surface area contributed by atoms with Crippen molar-refractivity contribution in [1.82, 2.24) is 15.0 Å². The predicted molar refractivity (Wildman–Crippen MR) is 104 cm³/mol. The molecule has 0 spiro atoms. The molecule has 0 saturated heterocycles. The lowest BCUT2D eigenvalue weighted by Gasteiger charge is -2.12. The van der Waals surface area contributed by atoms with Gasteiger partial charge in [0.2, 0.25) is 0 Å². The third-order valence-corrected chi connectivity index (χ3v) is 4.42. The lowest BCUT2D eigenvalue weighted by Crippen LogP contribution is -2.17. The van der Waals surface area contributed by atoms with Crippen LogP contribution in [0.3, 0.4) is 0 Å². The summed E-state index contributed by atoms with van der Waals surface area (Å²) in [7, 11) is 0. The van der Waals surface area contributed by atoms with Gasteiger partial charge in [-0.25, -0.2) is 4.68 Å². The maximum Gasteiger partial charge on any atom is 0.278 e. The van der Waals surface area contributed by atoms with E-state index in [1.807, 2.05) is 58.0 Å². The maximum atomic E-state index is 12.8. The maximum absolute atomic E-state index is 12.8. The molecular formula is C20H21ClN4O. The molecule has 5 nitrogen and oxygen atoms in total. The topological polar surface area (TPSA) is 59.8 Å². The normalized spacial score (nSPS) is 11.0. The van der Waals surface area contributed by atoms with E-state index in [4.69, 9.17) is 11.6 Å². The van der Waals surface area contributed by atoms with Gasteiger partial charge in [0.05, 0.1) is 11.4 Å². The van der Waals surface area contributed by atoms with Crippen LogP contribution in [0.2, 0.25) is 5.02 Å². The zero-order chi connectivity index (χ0) is 18.8. The molecule has 0 fully saturated rings. The quantitative estimate of drug-likeness (QED) is 0.711. The Morgan fingerprint density at radius 2 is 1.81 bits per heavy atom. The van der Waals surface area contributed by atoms with E-state index in [-0.39, 0.29) is 11.8 Å². The minimum absolute atomic E-state index is 0.0699. The van der Waals surface area contributed by atoms with Gasteiger partial charge < -0.3 is 5.32 Å². The fourth-order valence-corrected chi connectivity index (χ4v) is 3.00. The van der Waals surface area contributed by atoms with E-state index in [2.05, 4.69) is 15.6 Å². The van der Waals surface area contributed by atoms with Crippen LogP contribution in [0.25, 0.3) is 5.69 Å². The summed E-state index contributed by atoms with van der Waals surface area (Å²) >= 11 is 5.96. The number of carbonyl (C=O) groups is 1. The Kier molecular flexibility index (Phi) is 5.09. The SMILES string of the molecule is Cc1ccc(NC(=O)c2nnn(-c3ccc(Cl)cc3)c2C(C)C)c(C)c1. The molecule has 0 aliphatic carbocycles. The Morgan fingerprint density at radius 3 is 2.42 bits per heavy atom. The summed E-state index contributed by atoms with van der Waals surface area (Å²) in [5, 5.41) is 11.9. The van der Waals surface area contributed by atoms with Crippen molar-refractivity contribution in [1.29, 1.82) is 0 Å². The van der Waals surface area contributed by atoms with Crippen molar-refractivity contribution >= 4 is 23.2 Å². The molecule has 3 aromatic rings. The Labute approximate surface area is 158 Å². The molecule has 3 rings (SSSR count). The number of anilines is 1. The van der Waals surface area contributed by atoms with Crippen LogP contribution in [-0.2, 0) is 0 Å². The Morgan fingerprint density at radius 1 is 1.12 bits per heavy atom. The first-order chi connectivity index (χ1) is 12.4. The molecule has 1 N–H and O–H groups in total. The van der Waals surface area contributed by atoms with Crippen molar-refractivity contribution < 1.29 is 4.79 Å². The number of benzene rings is 2. The van der Waals surface area contributed by atoms with Crippen molar-refractivity contribution in [2.75, 3.05) is 5.32 Å². The molecule has 1 amide bonds. The summed E-state index contributed by atoms with van der Waals surface area (Å²) in [6.07, 6.45) is 0. The predicted octanol–water partition coefficient (Wildman–Crippen LogP) is 4.91. The third kappa shape index (κ3) is 3.63. The molecule has 0 bridgehead atoms. The molecule has 6 heteroatoms. The van der Waals surface area contributed by atoms with Gasteiger partial charge in [0.25, 0.3) is 5.91 Å². The second kappa shape index (κ2) is 7.30. The van der Waals surface area contributed by atoms with E-state index in [1.165, 1.54) is 0 Å². The Balaban J connectivity index is 1.97. The number of carbonyl (C=O) groups excluding carboxylic acids is 1. The lowest BCUT2D eigenvalue weighted by molar-refractivity contribution is 0.102. The van der Waals surface area contributed by atoms with Crippen LogP contribution < -0.4 is 5.32 Å². The molecule has 0 radical (unpaired) electrons.